The van der Waals surface area contributed by atoms with E-state index in [1.807, 2.05) is 26.8 Å². The number of aromatic nitrogens is 2. The molecule has 0 aliphatic heterocycles. The first kappa shape index (κ1) is 27.0. The summed E-state index contributed by atoms with van der Waals surface area (Å²) >= 11 is 0. The van der Waals surface area contributed by atoms with Gasteiger partial charge in [0, 0.05) is 18.3 Å². The summed E-state index contributed by atoms with van der Waals surface area (Å²) in [4.78, 5) is 30.2. The van der Waals surface area contributed by atoms with Crippen LogP contribution in [-0.2, 0) is 5.41 Å². The van der Waals surface area contributed by atoms with Crippen LogP contribution in [-0.4, -0.2) is 32.3 Å². The zero-order valence-corrected chi connectivity index (χ0v) is 19.0. The Morgan fingerprint density at radius 3 is 1.83 bits per heavy atom. The Kier molecular flexibility index (Phi) is 9.14. The van der Waals surface area contributed by atoms with Crippen LogP contribution in [0.1, 0.15) is 91.0 Å². The molecule has 0 radical (unpaired) electrons. The largest absolute Gasteiger partial charge is 0.870 e. The summed E-state index contributed by atoms with van der Waals surface area (Å²) in [6, 6.07) is 3.55. The number of ketones is 1. The van der Waals surface area contributed by atoms with Crippen LogP contribution in [0.4, 0.5) is 11.4 Å². The maximum Gasteiger partial charge on any atom is 0.356 e. The van der Waals surface area contributed by atoms with Crippen molar-refractivity contribution >= 4 is 23.1 Å². The lowest BCUT2D eigenvalue weighted by atomic mass is 9.85. The van der Waals surface area contributed by atoms with Gasteiger partial charge in [0.1, 0.15) is 5.69 Å². The minimum absolute atomic E-state index is 0. The fourth-order valence-corrected chi connectivity index (χ4v) is 3.05. The standard InChI is InChI=1S/C12H18N2O.C10H14N2O2.H2O/c1-7-9(12(3,4)5)6-10(13)11(14-7)8(2)15;1-5(2)7-4-8(11)9(10(13)14)12-6(7)3;/h6H,13H2,1-5H3;4-5H,11H2,1-3H3,(H,13,14);1H2/p-1. The SMILES string of the molecule is CC(=O)c1nc(C)c(C(C)(C)C)cc1N.Cc1nc(C(=O)O)c(N)cc1C(C)C.[OH-]. The third-order valence-electron chi connectivity index (χ3n) is 4.49. The van der Waals surface area contributed by atoms with Crippen molar-refractivity contribution in [3.63, 3.8) is 0 Å². The number of rotatable bonds is 3. The quantitative estimate of drug-likeness (QED) is 0.629. The number of carbonyl (C=O) groups is 2. The van der Waals surface area contributed by atoms with Gasteiger partial charge in [0.25, 0.3) is 0 Å². The van der Waals surface area contributed by atoms with Gasteiger partial charge in [-0.15, -0.1) is 0 Å². The summed E-state index contributed by atoms with van der Waals surface area (Å²) in [5, 5.41) is 8.78. The Morgan fingerprint density at radius 1 is 0.967 bits per heavy atom. The number of aromatic carboxylic acids is 1. The maximum absolute atomic E-state index is 11.2. The number of carbonyl (C=O) groups excluding carboxylic acids is 1. The lowest BCUT2D eigenvalue weighted by Crippen LogP contribution is -2.16. The molecule has 2 aromatic heterocycles. The third kappa shape index (κ3) is 6.52. The average Bonchev–Trinajstić information content (AvgIpc) is 2.57. The highest BCUT2D eigenvalue weighted by molar-refractivity contribution is 5.97. The van der Waals surface area contributed by atoms with E-state index in [1.54, 1.807) is 13.0 Å². The van der Waals surface area contributed by atoms with Gasteiger partial charge < -0.3 is 22.1 Å². The third-order valence-corrected chi connectivity index (χ3v) is 4.49. The van der Waals surface area contributed by atoms with Gasteiger partial charge in [-0.3, -0.25) is 4.79 Å². The lowest BCUT2D eigenvalue weighted by Gasteiger charge is -2.22. The summed E-state index contributed by atoms with van der Waals surface area (Å²) in [7, 11) is 0. The summed E-state index contributed by atoms with van der Waals surface area (Å²) in [6.07, 6.45) is 0. The second-order valence-corrected chi connectivity index (χ2v) is 8.43. The zero-order valence-electron chi connectivity index (χ0n) is 19.0. The molecule has 0 spiro atoms. The predicted molar refractivity (Wildman–Crippen MR) is 118 cm³/mol. The lowest BCUT2D eigenvalue weighted by molar-refractivity contribution is 0.0691. The normalized spacial score (nSPS) is 10.7. The van der Waals surface area contributed by atoms with Crippen molar-refractivity contribution in [3.05, 3.63) is 46.0 Å². The Morgan fingerprint density at radius 2 is 1.43 bits per heavy atom. The Balaban J connectivity index is 0.000000544. The van der Waals surface area contributed by atoms with Crippen molar-refractivity contribution in [2.75, 3.05) is 11.5 Å². The molecule has 30 heavy (non-hydrogen) atoms. The van der Waals surface area contributed by atoms with E-state index in [9.17, 15) is 9.59 Å². The molecule has 8 heteroatoms. The number of nitrogens with two attached hydrogens (primary N) is 2. The van der Waals surface area contributed by atoms with Gasteiger partial charge in [-0.05, 0) is 48.4 Å². The summed E-state index contributed by atoms with van der Waals surface area (Å²) in [5.41, 5.74) is 16.1. The number of Topliss-reactive ketones (excluding diaryl/α,β-unsaturated/α-hetero) is 1. The molecule has 0 bridgehead atoms. The number of anilines is 2. The molecule has 0 aromatic carbocycles. The van der Waals surface area contributed by atoms with Gasteiger partial charge in [-0.1, -0.05) is 34.6 Å². The van der Waals surface area contributed by atoms with Crippen LogP contribution in [0.3, 0.4) is 0 Å². The number of carboxylic acid groups (broad SMARTS) is 1. The monoisotopic (exact) mass is 417 g/mol. The highest BCUT2D eigenvalue weighted by Crippen LogP contribution is 2.27. The van der Waals surface area contributed by atoms with Gasteiger partial charge in [0.15, 0.2) is 11.5 Å². The van der Waals surface area contributed by atoms with Gasteiger partial charge in [-0.25, -0.2) is 14.8 Å². The Labute approximate surface area is 178 Å². The highest BCUT2D eigenvalue weighted by atomic mass is 16.4. The van der Waals surface area contributed by atoms with E-state index >= 15 is 0 Å². The van der Waals surface area contributed by atoms with Gasteiger partial charge in [0.2, 0.25) is 0 Å². The molecule has 0 saturated heterocycles. The first-order valence-electron chi connectivity index (χ1n) is 9.45. The van der Waals surface area contributed by atoms with Crippen LogP contribution in [0.5, 0.6) is 0 Å². The Hall–Kier alpha value is -3.00. The average molecular weight is 418 g/mol. The number of aryl methyl sites for hydroxylation is 2. The van der Waals surface area contributed by atoms with Crippen LogP contribution < -0.4 is 11.5 Å². The molecule has 166 valence electrons. The number of carboxylic acids is 1. The summed E-state index contributed by atoms with van der Waals surface area (Å²) in [5.74, 6) is -0.871. The molecule has 2 heterocycles. The molecule has 0 unspecified atom stereocenters. The molecule has 2 aromatic rings. The topological polar surface area (TPSA) is 162 Å². The highest BCUT2D eigenvalue weighted by Gasteiger charge is 2.20. The predicted octanol–water partition coefficient (Wildman–Crippen LogP) is 4.09. The van der Waals surface area contributed by atoms with Crippen molar-refractivity contribution in [2.45, 2.75) is 66.7 Å². The second-order valence-electron chi connectivity index (χ2n) is 8.43. The van der Waals surface area contributed by atoms with Crippen molar-refractivity contribution in [2.24, 2.45) is 0 Å². The van der Waals surface area contributed by atoms with Crippen LogP contribution >= 0.6 is 0 Å². The minimum atomic E-state index is -1.08. The molecule has 0 aliphatic rings. The van der Waals surface area contributed by atoms with Gasteiger partial charge >= 0.3 is 5.97 Å². The molecular formula is C22H33N4O4-. The van der Waals surface area contributed by atoms with E-state index in [0.29, 0.717) is 17.3 Å². The smallest absolute Gasteiger partial charge is 0.356 e. The molecule has 6 N–H and O–H groups in total. The van der Waals surface area contributed by atoms with Crippen molar-refractivity contribution in [1.82, 2.24) is 9.97 Å². The van der Waals surface area contributed by atoms with E-state index in [-0.39, 0.29) is 28.1 Å². The molecule has 0 saturated carbocycles. The fourth-order valence-electron chi connectivity index (χ4n) is 3.05. The van der Waals surface area contributed by atoms with Crippen molar-refractivity contribution < 1.29 is 20.2 Å². The summed E-state index contributed by atoms with van der Waals surface area (Å²) < 4.78 is 0. The van der Waals surface area contributed by atoms with Gasteiger partial charge in [-0.2, -0.15) is 0 Å². The van der Waals surface area contributed by atoms with Crippen LogP contribution in [0.15, 0.2) is 12.1 Å². The van der Waals surface area contributed by atoms with Crippen LogP contribution in [0.25, 0.3) is 0 Å². The number of pyridine rings is 2. The first-order valence-corrected chi connectivity index (χ1v) is 9.45. The number of nitrogens with zero attached hydrogens (tertiary/aromatic N) is 2. The molecule has 0 amide bonds. The van der Waals surface area contributed by atoms with E-state index in [0.717, 1.165) is 22.5 Å². The fraction of sp³-hybridized carbons (Fsp3) is 0.455. The van der Waals surface area contributed by atoms with E-state index in [4.69, 9.17) is 16.6 Å². The number of hydrogen-bond acceptors (Lipinski definition) is 7. The van der Waals surface area contributed by atoms with E-state index < -0.39 is 5.97 Å². The maximum atomic E-state index is 11.2. The molecule has 0 aliphatic carbocycles. The molecule has 2 rings (SSSR count). The van der Waals surface area contributed by atoms with E-state index in [1.165, 1.54) is 6.92 Å². The molecule has 0 fully saturated rings. The van der Waals surface area contributed by atoms with Crippen molar-refractivity contribution in [1.29, 1.82) is 0 Å². The molecule has 8 nitrogen and oxygen atoms in total. The zero-order chi connectivity index (χ0) is 22.7. The number of nitrogen functional groups attached to an aromatic ring is 2. The number of hydrogen-bond donors (Lipinski definition) is 3. The molecular weight excluding hydrogens is 384 g/mol. The van der Waals surface area contributed by atoms with Crippen molar-refractivity contribution in [3.8, 4) is 0 Å². The van der Waals surface area contributed by atoms with Gasteiger partial charge in [0.05, 0.1) is 11.4 Å². The second kappa shape index (κ2) is 10.2. The van der Waals surface area contributed by atoms with Crippen LogP contribution in [0, 0.1) is 13.8 Å². The Bertz CT molecular complexity index is 932. The first-order chi connectivity index (χ1) is 13.2. The molecule has 0 atom stereocenters. The van der Waals surface area contributed by atoms with E-state index in [2.05, 4.69) is 30.7 Å². The minimum Gasteiger partial charge on any atom is -0.870 e. The van der Waals surface area contributed by atoms with Crippen LogP contribution in [0.2, 0.25) is 0 Å². The summed E-state index contributed by atoms with van der Waals surface area (Å²) in [6.45, 7) is 15.5.